The van der Waals surface area contributed by atoms with Gasteiger partial charge in [0.25, 0.3) is 0 Å². The van der Waals surface area contributed by atoms with Gasteiger partial charge in [0.15, 0.2) is 0 Å². The number of hydrogen-bond donors (Lipinski definition) is 0. The summed E-state index contributed by atoms with van der Waals surface area (Å²) >= 11 is 0. The molecule has 0 saturated carbocycles. The van der Waals surface area contributed by atoms with Gasteiger partial charge in [-0.15, -0.1) is 0 Å². The van der Waals surface area contributed by atoms with E-state index < -0.39 is 65.0 Å². The molecule has 0 N–H and O–H groups in total. The standard InChI is InChI=1S/C24H38O11S2/c1-7-17(20(25)26)12-23(4,15-35-18-8-10-19(11-9-18)37(31,32)33)14-24(5,16-36(28,29)30)13-22(2,3)21(27)34-6/h8-11,17H,7,12-16H2,1-6H3,(H,25,26)(H,28,29,30)(H,31,32,33)/p-3. The molecule has 0 radical (unpaired) electrons. The molecule has 0 bridgehead atoms. The number of esters is 1. The summed E-state index contributed by atoms with van der Waals surface area (Å²) in [4.78, 5) is 23.6. The van der Waals surface area contributed by atoms with E-state index in [1.165, 1.54) is 19.2 Å². The molecule has 0 heterocycles. The van der Waals surface area contributed by atoms with Gasteiger partial charge in [0.1, 0.15) is 15.9 Å². The maximum Gasteiger partial charge on any atom is 0.311 e. The topological polar surface area (TPSA) is 190 Å². The van der Waals surface area contributed by atoms with Crippen LogP contribution in [0, 0.1) is 22.2 Å². The highest BCUT2D eigenvalue weighted by Crippen LogP contribution is 2.46. The van der Waals surface area contributed by atoms with E-state index in [2.05, 4.69) is 0 Å². The number of rotatable bonds is 15. The molecule has 0 aromatic heterocycles. The number of carbonyl (C=O) groups excluding carboxylic acids is 2. The maximum absolute atomic E-state index is 12.3. The molecule has 0 fully saturated rings. The zero-order chi connectivity index (χ0) is 28.9. The Kier molecular flexibility index (Phi) is 10.7. The lowest BCUT2D eigenvalue weighted by atomic mass is 9.64. The summed E-state index contributed by atoms with van der Waals surface area (Å²) in [5.74, 6) is -3.44. The molecule has 13 heteroatoms. The first-order chi connectivity index (χ1) is 16.7. The molecule has 1 aromatic carbocycles. The number of methoxy groups -OCH3 is 1. The molecule has 1 aromatic rings. The minimum atomic E-state index is -4.75. The second kappa shape index (κ2) is 12.1. The summed E-state index contributed by atoms with van der Waals surface area (Å²) < 4.78 is 79.7. The smallest absolute Gasteiger partial charge is 0.311 e. The fraction of sp³-hybridized carbons (Fsp3) is 0.667. The molecule has 212 valence electrons. The lowest BCUT2D eigenvalue weighted by Gasteiger charge is -2.44. The fourth-order valence-electron chi connectivity index (χ4n) is 5.17. The largest absolute Gasteiger partial charge is 0.748 e. The van der Waals surface area contributed by atoms with Gasteiger partial charge < -0.3 is 28.5 Å². The first-order valence-corrected chi connectivity index (χ1v) is 14.6. The quantitative estimate of drug-likeness (QED) is 0.223. The van der Waals surface area contributed by atoms with Crippen molar-refractivity contribution in [3.63, 3.8) is 0 Å². The average Bonchev–Trinajstić information content (AvgIpc) is 2.72. The summed E-state index contributed by atoms with van der Waals surface area (Å²) in [5, 5.41) is 11.7. The third-order valence-corrected chi connectivity index (χ3v) is 8.15. The Morgan fingerprint density at radius 3 is 1.89 bits per heavy atom. The number of aliphatic carboxylic acids is 1. The van der Waals surface area contributed by atoms with Crippen LogP contribution in [0.1, 0.15) is 60.3 Å². The molecule has 3 unspecified atom stereocenters. The predicted octanol–water partition coefficient (Wildman–Crippen LogP) is 1.67. The highest BCUT2D eigenvalue weighted by atomic mass is 32.2. The Labute approximate surface area is 219 Å². The van der Waals surface area contributed by atoms with Gasteiger partial charge in [0.2, 0.25) is 0 Å². The lowest BCUT2D eigenvalue weighted by Crippen LogP contribution is -2.43. The normalized spacial score (nSPS) is 16.8. The minimum Gasteiger partial charge on any atom is -0.748 e. The van der Waals surface area contributed by atoms with Gasteiger partial charge in [-0.2, -0.15) is 0 Å². The first kappa shape index (κ1) is 32.8. The van der Waals surface area contributed by atoms with Gasteiger partial charge in [-0.1, -0.05) is 20.8 Å². The minimum absolute atomic E-state index is 0.00596. The summed E-state index contributed by atoms with van der Waals surface area (Å²) in [5.41, 5.74) is -3.47. The molecule has 1 rings (SSSR count). The van der Waals surface area contributed by atoms with Crippen LogP contribution in [0.15, 0.2) is 29.2 Å². The predicted molar refractivity (Wildman–Crippen MR) is 129 cm³/mol. The summed E-state index contributed by atoms with van der Waals surface area (Å²) in [6.45, 7) is 7.85. The van der Waals surface area contributed by atoms with Gasteiger partial charge in [-0.3, -0.25) is 4.79 Å². The third-order valence-electron chi connectivity index (χ3n) is 6.25. The van der Waals surface area contributed by atoms with Crippen LogP contribution < -0.4 is 9.84 Å². The second-order valence-electron chi connectivity index (χ2n) is 10.9. The summed E-state index contributed by atoms with van der Waals surface area (Å²) in [7, 11) is -8.22. The lowest BCUT2D eigenvalue weighted by molar-refractivity contribution is -0.312. The van der Waals surface area contributed by atoms with Crippen molar-refractivity contribution in [2.45, 2.75) is 65.2 Å². The van der Waals surface area contributed by atoms with Crippen molar-refractivity contribution in [2.75, 3.05) is 19.5 Å². The van der Waals surface area contributed by atoms with E-state index in [-0.39, 0.29) is 38.0 Å². The second-order valence-corrected chi connectivity index (χ2v) is 13.7. The van der Waals surface area contributed by atoms with E-state index in [9.17, 15) is 40.6 Å². The Balaban J connectivity index is 3.42. The summed E-state index contributed by atoms with van der Waals surface area (Å²) in [6, 6.07) is 4.67. The zero-order valence-corrected chi connectivity index (χ0v) is 23.6. The number of carboxylic acid groups (broad SMARTS) is 1. The van der Waals surface area contributed by atoms with Crippen LogP contribution in [0.2, 0.25) is 0 Å². The average molecular weight is 564 g/mol. The van der Waals surface area contributed by atoms with Crippen LogP contribution in [0.3, 0.4) is 0 Å². The van der Waals surface area contributed by atoms with Crippen LogP contribution in [-0.4, -0.2) is 57.3 Å². The number of carboxylic acids is 1. The SMILES string of the molecule is CCC(CC(C)(COc1ccc(S(=O)(=O)[O-])cc1)CC(C)(CC(C)(C)C(=O)OC)CS(=O)(=O)[O-])C(=O)[O-]. The Bertz CT molecular complexity index is 1160. The molecular formula is C24H35O11S2-3. The van der Waals surface area contributed by atoms with Gasteiger partial charge >= 0.3 is 5.97 Å². The van der Waals surface area contributed by atoms with Crippen LogP contribution in [0.5, 0.6) is 5.75 Å². The molecule has 0 amide bonds. The number of carbonyl (C=O) groups is 2. The van der Waals surface area contributed by atoms with Crippen molar-refractivity contribution in [3.05, 3.63) is 24.3 Å². The molecule has 11 nitrogen and oxygen atoms in total. The highest BCUT2D eigenvalue weighted by Gasteiger charge is 2.44. The van der Waals surface area contributed by atoms with E-state index >= 15 is 0 Å². The summed E-state index contributed by atoms with van der Waals surface area (Å²) in [6.07, 6.45) is 0.158. The molecule has 0 saturated heterocycles. The van der Waals surface area contributed by atoms with Crippen molar-refractivity contribution < 1.29 is 50.1 Å². The van der Waals surface area contributed by atoms with Crippen molar-refractivity contribution in [3.8, 4) is 5.75 Å². The van der Waals surface area contributed by atoms with Crippen LogP contribution >= 0.6 is 0 Å². The Morgan fingerprint density at radius 2 is 1.49 bits per heavy atom. The highest BCUT2D eigenvalue weighted by molar-refractivity contribution is 7.86. The number of benzene rings is 1. The van der Waals surface area contributed by atoms with Crippen LogP contribution in [0.4, 0.5) is 0 Å². The van der Waals surface area contributed by atoms with E-state index in [4.69, 9.17) is 9.47 Å². The monoisotopic (exact) mass is 563 g/mol. The van der Waals surface area contributed by atoms with Crippen LogP contribution in [0.25, 0.3) is 0 Å². The molecule has 0 aliphatic heterocycles. The molecule has 3 atom stereocenters. The molecule has 0 aliphatic carbocycles. The maximum atomic E-state index is 12.3. The molecule has 0 aliphatic rings. The molecule has 0 spiro atoms. The zero-order valence-electron chi connectivity index (χ0n) is 21.9. The van der Waals surface area contributed by atoms with Gasteiger partial charge in [0.05, 0.1) is 34.1 Å². The Morgan fingerprint density at radius 1 is 0.946 bits per heavy atom. The van der Waals surface area contributed by atoms with Crippen molar-refractivity contribution >= 4 is 32.2 Å². The van der Waals surface area contributed by atoms with E-state index in [1.54, 1.807) is 34.6 Å². The fourth-order valence-corrected chi connectivity index (χ4v) is 6.70. The van der Waals surface area contributed by atoms with E-state index in [0.717, 1.165) is 12.1 Å². The van der Waals surface area contributed by atoms with Crippen molar-refractivity contribution in [1.82, 2.24) is 0 Å². The number of ether oxygens (including phenoxy) is 2. The molecular weight excluding hydrogens is 528 g/mol. The first-order valence-electron chi connectivity index (χ1n) is 11.6. The molecule has 37 heavy (non-hydrogen) atoms. The van der Waals surface area contributed by atoms with Crippen LogP contribution in [-0.2, 0) is 34.6 Å². The third kappa shape index (κ3) is 10.6. The Hall–Kier alpha value is -2.22. The van der Waals surface area contributed by atoms with E-state index in [1.807, 2.05) is 0 Å². The van der Waals surface area contributed by atoms with Gasteiger partial charge in [-0.05, 0) is 75.1 Å². The van der Waals surface area contributed by atoms with E-state index in [0.29, 0.717) is 0 Å². The van der Waals surface area contributed by atoms with Crippen molar-refractivity contribution in [1.29, 1.82) is 0 Å². The van der Waals surface area contributed by atoms with Gasteiger partial charge in [-0.25, -0.2) is 16.8 Å². The number of hydrogen-bond acceptors (Lipinski definition) is 11. The van der Waals surface area contributed by atoms with Gasteiger partial charge in [0, 0.05) is 17.1 Å². The van der Waals surface area contributed by atoms with Crippen molar-refractivity contribution in [2.24, 2.45) is 22.2 Å².